The van der Waals surface area contributed by atoms with Crippen molar-refractivity contribution >= 4 is 24.4 Å². The minimum Gasteiger partial charge on any atom is -1.00 e. The molecule has 1 rings (SSSR count). The van der Waals surface area contributed by atoms with Crippen molar-refractivity contribution in [1.29, 1.82) is 0 Å². The van der Waals surface area contributed by atoms with Gasteiger partial charge in [-0.2, -0.15) is 0 Å². The van der Waals surface area contributed by atoms with E-state index >= 15 is 0 Å². The summed E-state index contributed by atoms with van der Waals surface area (Å²) in [6.07, 6.45) is 0.900. The first-order valence-electron chi connectivity index (χ1n) is 3.89. The molecule has 0 saturated heterocycles. The Balaban J connectivity index is 0. The zero-order chi connectivity index (χ0) is 10.4. The SMILES string of the molecule is O=[N+]([O-])/C=C(\S)SCc1ccccc1.[H-].[K+]. The summed E-state index contributed by atoms with van der Waals surface area (Å²) in [6, 6.07) is 9.75. The van der Waals surface area contributed by atoms with Gasteiger partial charge < -0.3 is 1.43 Å². The summed E-state index contributed by atoms with van der Waals surface area (Å²) in [6.45, 7) is 0. The molecule has 0 amide bonds. The molecule has 0 bridgehead atoms. The van der Waals surface area contributed by atoms with Gasteiger partial charge in [0.25, 0.3) is 6.20 Å². The van der Waals surface area contributed by atoms with E-state index in [1.165, 1.54) is 11.8 Å². The fraction of sp³-hybridized carbons (Fsp3) is 0.111. The smallest absolute Gasteiger partial charge is 1.00 e. The average molecular weight is 267 g/mol. The van der Waals surface area contributed by atoms with Crippen molar-refractivity contribution < 1.29 is 57.7 Å². The van der Waals surface area contributed by atoms with E-state index in [1.807, 2.05) is 30.3 Å². The largest absolute Gasteiger partial charge is 1.00 e. The molecular formula is C9H10KNO2S2. The average Bonchev–Trinajstić information content (AvgIpc) is 2.15. The Bertz CT molecular complexity index is 349. The third kappa shape index (κ3) is 7.56. The van der Waals surface area contributed by atoms with Gasteiger partial charge in [0.2, 0.25) is 0 Å². The molecule has 15 heavy (non-hydrogen) atoms. The number of hydrogen-bond donors (Lipinski definition) is 1. The maximum absolute atomic E-state index is 10.1. The second-order valence-electron chi connectivity index (χ2n) is 2.53. The molecule has 0 radical (unpaired) electrons. The zero-order valence-electron chi connectivity index (χ0n) is 9.29. The van der Waals surface area contributed by atoms with Gasteiger partial charge in [-0.1, -0.05) is 30.3 Å². The van der Waals surface area contributed by atoms with Crippen LogP contribution in [0.3, 0.4) is 0 Å². The predicted octanol–water partition coefficient (Wildman–Crippen LogP) is 0.0417. The molecule has 76 valence electrons. The van der Waals surface area contributed by atoms with E-state index in [0.29, 0.717) is 9.99 Å². The van der Waals surface area contributed by atoms with Crippen LogP contribution in [-0.2, 0) is 5.75 Å². The maximum Gasteiger partial charge on any atom is 1.00 e. The molecule has 0 aliphatic carbocycles. The Labute approximate surface area is 142 Å². The fourth-order valence-corrected chi connectivity index (χ4v) is 1.81. The van der Waals surface area contributed by atoms with Gasteiger partial charge in [0.1, 0.15) is 4.24 Å². The topological polar surface area (TPSA) is 43.1 Å². The van der Waals surface area contributed by atoms with Crippen molar-refractivity contribution in [2.24, 2.45) is 0 Å². The van der Waals surface area contributed by atoms with Crippen LogP contribution < -0.4 is 51.4 Å². The first-order valence-corrected chi connectivity index (χ1v) is 5.33. The molecule has 0 atom stereocenters. The molecular weight excluding hydrogens is 257 g/mol. The molecule has 0 aliphatic heterocycles. The first-order chi connectivity index (χ1) is 6.68. The molecule has 1 aromatic carbocycles. The minimum atomic E-state index is -0.500. The van der Waals surface area contributed by atoms with E-state index in [4.69, 9.17) is 0 Å². The molecule has 6 heteroatoms. The van der Waals surface area contributed by atoms with Crippen molar-refractivity contribution in [2.45, 2.75) is 5.75 Å². The Morgan fingerprint density at radius 3 is 2.67 bits per heavy atom. The van der Waals surface area contributed by atoms with Gasteiger partial charge in [0.15, 0.2) is 0 Å². The minimum absolute atomic E-state index is 0. The van der Waals surface area contributed by atoms with Gasteiger partial charge in [-0.05, 0) is 5.56 Å². The summed E-state index contributed by atoms with van der Waals surface area (Å²) in [7, 11) is 0. The normalized spacial score (nSPS) is 10.6. The third-order valence-electron chi connectivity index (χ3n) is 1.45. The summed E-state index contributed by atoms with van der Waals surface area (Å²) in [5.74, 6) is 0.698. The first kappa shape index (κ1) is 15.7. The molecule has 0 saturated carbocycles. The van der Waals surface area contributed by atoms with Crippen molar-refractivity contribution in [1.82, 2.24) is 0 Å². The third-order valence-corrected chi connectivity index (χ3v) is 2.83. The van der Waals surface area contributed by atoms with Crippen LogP contribution in [0.4, 0.5) is 0 Å². The quantitative estimate of drug-likeness (QED) is 0.363. The van der Waals surface area contributed by atoms with Crippen molar-refractivity contribution in [3.8, 4) is 0 Å². The van der Waals surface area contributed by atoms with Crippen molar-refractivity contribution in [3.05, 3.63) is 56.4 Å². The molecule has 1 aromatic rings. The van der Waals surface area contributed by atoms with Crippen LogP contribution in [0.25, 0.3) is 0 Å². The number of thioether (sulfide) groups is 1. The van der Waals surface area contributed by atoms with Crippen molar-refractivity contribution in [3.63, 3.8) is 0 Å². The van der Waals surface area contributed by atoms with E-state index in [0.717, 1.165) is 11.8 Å². The van der Waals surface area contributed by atoms with Crippen LogP contribution >= 0.6 is 24.4 Å². The van der Waals surface area contributed by atoms with Crippen LogP contribution in [0.5, 0.6) is 0 Å². The van der Waals surface area contributed by atoms with Crippen LogP contribution in [0.2, 0.25) is 0 Å². The van der Waals surface area contributed by atoms with Gasteiger partial charge in [-0.25, -0.2) is 0 Å². The summed E-state index contributed by atoms with van der Waals surface area (Å²) in [5.41, 5.74) is 1.13. The van der Waals surface area contributed by atoms with Crippen LogP contribution in [-0.4, -0.2) is 4.92 Å². The molecule has 3 nitrogen and oxygen atoms in total. The monoisotopic (exact) mass is 267 g/mol. The number of nitro groups is 1. The van der Waals surface area contributed by atoms with E-state index in [-0.39, 0.29) is 52.8 Å². The van der Waals surface area contributed by atoms with E-state index < -0.39 is 4.92 Å². The molecule has 0 aliphatic rings. The zero-order valence-corrected chi connectivity index (χ0v) is 13.1. The molecule has 0 unspecified atom stereocenters. The van der Waals surface area contributed by atoms with Crippen molar-refractivity contribution in [2.75, 3.05) is 0 Å². The predicted molar refractivity (Wildman–Crippen MR) is 62.9 cm³/mol. The number of thiol groups is 1. The van der Waals surface area contributed by atoms with Gasteiger partial charge in [0, 0.05) is 5.75 Å². The maximum atomic E-state index is 10.1. The van der Waals surface area contributed by atoms with Crippen LogP contribution in [0.15, 0.2) is 40.8 Å². The summed E-state index contributed by atoms with van der Waals surface area (Å²) < 4.78 is 0.416. The number of hydrogen-bond acceptors (Lipinski definition) is 4. The van der Waals surface area contributed by atoms with Gasteiger partial charge >= 0.3 is 51.4 Å². The van der Waals surface area contributed by atoms with Crippen LogP contribution in [0, 0.1) is 10.1 Å². The van der Waals surface area contributed by atoms with Crippen LogP contribution in [0.1, 0.15) is 6.99 Å². The van der Waals surface area contributed by atoms with E-state index in [1.54, 1.807) is 0 Å². The second kappa shape index (κ2) is 8.80. The number of benzene rings is 1. The standard InChI is InChI=1S/C9H9NO2S2.K.H/c11-10(12)6-9(13)14-7-8-4-2-1-3-5-8;;/h1-6,13H,7H2;;/q;+1;-1/b9-6+;;. The summed E-state index contributed by atoms with van der Waals surface area (Å²) in [4.78, 5) is 9.59. The molecule has 0 N–H and O–H groups in total. The molecule has 0 heterocycles. The van der Waals surface area contributed by atoms with E-state index in [2.05, 4.69) is 12.6 Å². The van der Waals surface area contributed by atoms with Gasteiger partial charge in [0.05, 0.1) is 4.92 Å². The Kier molecular flexibility index (Phi) is 9.21. The molecule has 0 aromatic heterocycles. The van der Waals surface area contributed by atoms with E-state index in [9.17, 15) is 10.1 Å². The number of nitrogens with zero attached hydrogens (tertiary/aromatic N) is 1. The Hall–Kier alpha value is 0.696. The van der Waals surface area contributed by atoms with Gasteiger partial charge in [-0.3, -0.25) is 10.1 Å². The molecule has 0 fully saturated rings. The van der Waals surface area contributed by atoms with Gasteiger partial charge in [-0.15, -0.1) is 24.4 Å². The molecule has 0 spiro atoms. The summed E-state index contributed by atoms with van der Waals surface area (Å²) >= 11 is 5.32. The Morgan fingerprint density at radius 2 is 2.13 bits per heavy atom. The Morgan fingerprint density at radius 1 is 1.53 bits per heavy atom. The second-order valence-corrected chi connectivity index (χ2v) is 4.33. The fourth-order valence-electron chi connectivity index (χ4n) is 0.859. The number of rotatable bonds is 4. The summed E-state index contributed by atoms with van der Waals surface area (Å²) in [5, 5.41) is 10.1.